The molecule has 3 aromatic heterocycles. The van der Waals surface area contributed by atoms with E-state index in [1.807, 2.05) is 54.6 Å². The van der Waals surface area contributed by atoms with Gasteiger partial charge in [0.15, 0.2) is 17.5 Å². The molecule has 5 heteroatoms. The Morgan fingerprint density at radius 1 is 0.414 bits per heavy atom. The molecule has 0 amide bonds. The van der Waals surface area contributed by atoms with Gasteiger partial charge < -0.3 is 4.57 Å². The van der Waals surface area contributed by atoms with Gasteiger partial charge in [0.2, 0.25) is 0 Å². The number of hydrogen-bond donors (Lipinski definition) is 0. The molecule has 12 aromatic rings. The van der Waals surface area contributed by atoms with E-state index in [0.717, 1.165) is 43.8 Å². The Hall–Kier alpha value is -7.47. The lowest BCUT2D eigenvalue weighted by Crippen LogP contribution is -2.04. The van der Waals surface area contributed by atoms with E-state index in [9.17, 15) is 2.74 Å². The molecule has 0 radical (unpaired) electrons. The van der Waals surface area contributed by atoms with Crippen LogP contribution in [-0.4, -0.2) is 19.5 Å². The molecule has 0 atom stereocenters. The van der Waals surface area contributed by atoms with E-state index in [2.05, 4.69) is 84.9 Å². The number of fused-ring (bicyclic) bond motifs is 9. The van der Waals surface area contributed by atoms with Crippen LogP contribution in [0.15, 0.2) is 194 Å². The van der Waals surface area contributed by atoms with Crippen LogP contribution < -0.4 is 0 Å². The second kappa shape index (κ2) is 13.1. The fourth-order valence-electron chi connectivity index (χ4n) is 8.35. The van der Waals surface area contributed by atoms with Gasteiger partial charge in [-0.2, -0.15) is 0 Å². The monoisotopic (exact) mass is 763 g/mol. The SMILES string of the molecule is [2H]c1cc([2H])c2c(c1[2H])c1c([2H])c([2H])c([2H])c([2H])c1n2-c1ccccc1-c1nc(-c2cccc(-c3cccc4c3sc3ccccc34)c2)nc(-c2cc3ccccc3c3ccccc23)n1. The highest BCUT2D eigenvalue weighted by atomic mass is 32.1. The van der Waals surface area contributed by atoms with Crippen molar-refractivity contribution in [1.82, 2.24) is 19.5 Å². The van der Waals surface area contributed by atoms with Crippen LogP contribution in [-0.2, 0) is 0 Å². The van der Waals surface area contributed by atoms with Gasteiger partial charge in [0.05, 0.1) is 26.3 Å². The lowest BCUT2D eigenvalue weighted by Gasteiger charge is -2.15. The van der Waals surface area contributed by atoms with Crippen molar-refractivity contribution in [2.75, 3.05) is 0 Å². The Morgan fingerprint density at radius 3 is 1.97 bits per heavy atom. The van der Waals surface area contributed by atoms with E-state index in [1.54, 1.807) is 22.0 Å². The Kier molecular flexibility index (Phi) is 5.94. The quantitative estimate of drug-likeness (QED) is 0.164. The van der Waals surface area contributed by atoms with Crippen LogP contribution in [0.5, 0.6) is 0 Å². The van der Waals surface area contributed by atoms with Crippen molar-refractivity contribution in [1.29, 1.82) is 0 Å². The summed E-state index contributed by atoms with van der Waals surface area (Å²) >= 11 is 1.77. The summed E-state index contributed by atoms with van der Waals surface area (Å²) in [7, 11) is 0. The third-order valence-electron chi connectivity index (χ3n) is 10.9. The van der Waals surface area contributed by atoms with Crippen LogP contribution in [0.2, 0.25) is 0 Å². The third kappa shape index (κ3) is 5.11. The van der Waals surface area contributed by atoms with Crippen LogP contribution in [0, 0.1) is 0 Å². The Morgan fingerprint density at radius 2 is 1.05 bits per heavy atom. The number of hydrogen-bond acceptors (Lipinski definition) is 4. The summed E-state index contributed by atoms with van der Waals surface area (Å²) in [5.41, 5.74) is 4.85. The molecular weight excluding hydrogens is 725 g/mol. The van der Waals surface area contributed by atoms with E-state index in [-0.39, 0.29) is 52.0 Å². The standard InChI is InChI=1S/C53H32N4S/c1-2-18-36-34(15-1)32-45(39-20-4-3-19-38(36)39)53-55-51(35-17-13-16-33(31-35)37-25-14-26-43-42-23-8-12-30-49(42)58-50(37)43)54-52(56-53)44-24-7-11-29-48(44)57-46-27-9-5-21-40(46)41-22-6-10-28-47(41)57/h1-32H/i5D,6D,9D,21D,22D,27D,28D. The highest BCUT2D eigenvalue weighted by Crippen LogP contribution is 2.42. The van der Waals surface area contributed by atoms with Gasteiger partial charge in [-0.25, -0.2) is 15.0 Å². The summed E-state index contributed by atoms with van der Waals surface area (Å²) in [5, 5.41) is 6.70. The molecule has 0 aliphatic heterocycles. The van der Waals surface area contributed by atoms with Crippen molar-refractivity contribution in [3.05, 3.63) is 194 Å². The minimum absolute atomic E-state index is 0.0681. The maximum Gasteiger partial charge on any atom is 0.166 e. The highest BCUT2D eigenvalue weighted by Gasteiger charge is 2.21. The average Bonchev–Trinajstić information content (AvgIpc) is 3.92. The molecule has 0 unspecified atom stereocenters. The normalized spacial score (nSPS) is 13.5. The summed E-state index contributed by atoms with van der Waals surface area (Å²) in [6, 6.07) is 48.0. The van der Waals surface area contributed by atoms with Crippen LogP contribution >= 0.6 is 11.3 Å². The molecule has 58 heavy (non-hydrogen) atoms. The van der Waals surface area contributed by atoms with Crippen molar-refractivity contribution in [2.24, 2.45) is 0 Å². The molecule has 0 fully saturated rings. The molecule has 4 nitrogen and oxygen atoms in total. The minimum Gasteiger partial charge on any atom is -0.309 e. The molecule has 0 N–H and O–H groups in total. The van der Waals surface area contributed by atoms with Crippen molar-refractivity contribution in [3.63, 3.8) is 0 Å². The number of thiophene rings is 1. The van der Waals surface area contributed by atoms with Gasteiger partial charge in [-0.15, -0.1) is 11.3 Å². The first-order chi connectivity index (χ1) is 31.7. The van der Waals surface area contributed by atoms with E-state index >= 15 is 0 Å². The van der Waals surface area contributed by atoms with E-state index in [1.165, 1.54) is 26.2 Å². The second-order valence-electron chi connectivity index (χ2n) is 14.2. The number of para-hydroxylation sites is 3. The van der Waals surface area contributed by atoms with Crippen LogP contribution in [0.3, 0.4) is 0 Å². The summed E-state index contributed by atoms with van der Waals surface area (Å²) < 4.78 is 66.3. The third-order valence-corrected chi connectivity index (χ3v) is 12.2. The highest BCUT2D eigenvalue weighted by molar-refractivity contribution is 7.26. The smallest absolute Gasteiger partial charge is 0.166 e. The van der Waals surface area contributed by atoms with E-state index < -0.39 is 12.1 Å². The van der Waals surface area contributed by atoms with Crippen molar-refractivity contribution < 1.29 is 9.60 Å². The van der Waals surface area contributed by atoms with Crippen LogP contribution in [0.25, 0.3) is 115 Å². The zero-order valence-electron chi connectivity index (χ0n) is 37.6. The van der Waals surface area contributed by atoms with Gasteiger partial charge in [-0.1, -0.05) is 152 Å². The first-order valence-corrected chi connectivity index (χ1v) is 19.8. The predicted molar refractivity (Wildman–Crippen MR) is 244 cm³/mol. The van der Waals surface area contributed by atoms with Crippen LogP contribution in [0.4, 0.5) is 0 Å². The number of benzene rings is 9. The average molecular weight is 764 g/mol. The maximum absolute atomic E-state index is 9.21. The molecule has 12 rings (SSSR count). The Labute approximate surface area is 347 Å². The van der Waals surface area contributed by atoms with Crippen molar-refractivity contribution in [3.8, 4) is 51.0 Å². The number of rotatable bonds is 5. The molecule has 9 aromatic carbocycles. The van der Waals surface area contributed by atoms with Gasteiger partial charge in [0.25, 0.3) is 0 Å². The van der Waals surface area contributed by atoms with Crippen molar-refractivity contribution >= 4 is 74.9 Å². The fraction of sp³-hybridized carbons (Fsp3) is 0. The predicted octanol–water partition coefficient (Wildman–Crippen LogP) is 14.3. The second-order valence-corrected chi connectivity index (χ2v) is 15.3. The summed E-state index contributed by atoms with van der Waals surface area (Å²) in [6.45, 7) is 0. The largest absolute Gasteiger partial charge is 0.309 e. The first-order valence-electron chi connectivity index (χ1n) is 22.5. The molecule has 0 saturated heterocycles. The van der Waals surface area contributed by atoms with Gasteiger partial charge in [-0.3, -0.25) is 0 Å². The van der Waals surface area contributed by atoms with Crippen LogP contribution in [0.1, 0.15) is 9.60 Å². The molecule has 270 valence electrons. The lowest BCUT2D eigenvalue weighted by molar-refractivity contribution is 1.07. The lowest BCUT2D eigenvalue weighted by atomic mass is 9.96. The van der Waals surface area contributed by atoms with Gasteiger partial charge in [-0.05, 0) is 75.1 Å². The molecule has 0 saturated carbocycles. The minimum atomic E-state index is -0.462. The Bertz CT molecular complexity index is 4010. The van der Waals surface area contributed by atoms with E-state index in [0.29, 0.717) is 28.7 Å². The van der Waals surface area contributed by atoms with Gasteiger partial charge in [0.1, 0.15) is 0 Å². The molecule has 0 bridgehead atoms. The van der Waals surface area contributed by atoms with Gasteiger partial charge in [0, 0.05) is 47.6 Å². The summed E-state index contributed by atoms with van der Waals surface area (Å²) in [5.74, 6) is 1.14. The molecule has 0 aliphatic carbocycles. The topological polar surface area (TPSA) is 43.6 Å². The Balaban J connectivity index is 1.15. The molecular formula is C53H32N4S. The van der Waals surface area contributed by atoms with E-state index in [4.69, 9.17) is 21.8 Å². The molecule has 0 spiro atoms. The fourth-order valence-corrected chi connectivity index (χ4v) is 9.59. The summed E-state index contributed by atoms with van der Waals surface area (Å²) in [4.78, 5) is 15.8. The zero-order chi connectivity index (χ0) is 44.2. The molecule has 3 heterocycles. The zero-order valence-corrected chi connectivity index (χ0v) is 31.4. The van der Waals surface area contributed by atoms with Gasteiger partial charge >= 0.3 is 0 Å². The van der Waals surface area contributed by atoms with Crippen molar-refractivity contribution in [2.45, 2.75) is 0 Å². The maximum atomic E-state index is 9.21. The number of aromatic nitrogens is 4. The first kappa shape index (κ1) is 26.4. The molecule has 0 aliphatic rings. The number of nitrogens with zero attached hydrogens (tertiary/aromatic N) is 4. The summed E-state index contributed by atoms with van der Waals surface area (Å²) in [6.07, 6.45) is 0.